The summed E-state index contributed by atoms with van der Waals surface area (Å²) in [5, 5.41) is 20.3. The number of hydrogen-bond donors (Lipinski definition) is 0. The molecule has 4 fully saturated rings. The molecule has 0 aromatic carbocycles. The Morgan fingerprint density at radius 3 is 2.48 bits per heavy atom. The van der Waals surface area contributed by atoms with Gasteiger partial charge in [0.1, 0.15) is 0 Å². The minimum atomic E-state index is -0.499. The van der Waals surface area contributed by atoms with Crippen LogP contribution >= 0.6 is 11.6 Å². The fourth-order valence-electron chi connectivity index (χ4n) is 7.40. The zero-order valence-electron chi connectivity index (χ0n) is 19.7. The molecule has 6 rings (SSSR count). The van der Waals surface area contributed by atoms with E-state index in [0.29, 0.717) is 30.5 Å². The van der Waals surface area contributed by atoms with Crippen LogP contribution in [0.15, 0.2) is 6.20 Å². The van der Waals surface area contributed by atoms with Gasteiger partial charge >= 0.3 is 5.82 Å². The van der Waals surface area contributed by atoms with Gasteiger partial charge in [-0.15, -0.1) is 0 Å². The van der Waals surface area contributed by atoms with Crippen molar-refractivity contribution >= 4 is 23.3 Å². The molecule has 0 radical (unpaired) electrons. The molecule has 10 heteroatoms. The van der Waals surface area contributed by atoms with Crippen molar-refractivity contribution in [2.45, 2.75) is 70.9 Å². The minimum Gasteiger partial charge on any atom is -0.358 e. The first-order valence-corrected chi connectivity index (χ1v) is 12.0. The van der Waals surface area contributed by atoms with Gasteiger partial charge in [0.25, 0.3) is 0 Å². The summed E-state index contributed by atoms with van der Waals surface area (Å²) in [5.74, 6) is 0.927. The van der Waals surface area contributed by atoms with Crippen LogP contribution in [0.5, 0.6) is 0 Å². The second kappa shape index (κ2) is 7.55. The standard InChI is InChI=1S/C23H31ClN6O3/c1-14-18(11-25-28(14)4)12-27(3)19(31)10-22-6-16-5-17(7-22)9-23(8-16,13-22)29-15(2)20(24)21(26-29)30(32)33/h11,16-17H,5-10,12-13H2,1-4H3. The summed E-state index contributed by atoms with van der Waals surface area (Å²) in [6.45, 7) is 4.38. The number of hydrogen-bond acceptors (Lipinski definition) is 5. The number of aromatic nitrogens is 4. The highest BCUT2D eigenvalue weighted by Gasteiger charge is 2.61. The van der Waals surface area contributed by atoms with Crippen molar-refractivity contribution in [3.05, 3.63) is 38.3 Å². The molecule has 0 spiro atoms. The Morgan fingerprint density at radius 2 is 1.94 bits per heavy atom. The van der Waals surface area contributed by atoms with Crippen molar-refractivity contribution < 1.29 is 9.72 Å². The average Bonchev–Trinajstić information content (AvgIpc) is 3.20. The number of amides is 1. The summed E-state index contributed by atoms with van der Waals surface area (Å²) >= 11 is 6.31. The summed E-state index contributed by atoms with van der Waals surface area (Å²) in [7, 11) is 3.77. The van der Waals surface area contributed by atoms with Gasteiger partial charge in [0, 0.05) is 38.3 Å². The molecule has 2 atom stereocenters. The van der Waals surface area contributed by atoms with Crippen molar-refractivity contribution in [1.29, 1.82) is 0 Å². The largest absolute Gasteiger partial charge is 0.408 e. The van der Waals surface area contributed by atoms with Crippen molar-refractivity contribution in [2.24, 2.45) is 24.3 Å². The summed E-state index contributed by atoms with van der Waals surface area (Å²) in [6, 6.07) is 0. The molecule has 1 amide bonds. The number of rotatable bonds is 6. The molecule has 0 N–H and O–H groups in total. The maximum atomic E-state index is 13.4. The Bertz CT molecular complexity index is 1120. The van der Waals surface area contributed by atoms with Gasteiger partial charge in [-0.2, -0.15) is 9.78 Å². The van der Waals surface area contributed by atoms with E-state index in [4.69, 9.17) is 11.6 Å². The van der Waals surface area contributed by atoms with Gasteiger partial charge < -0.3 is 15.0 Å². The molecular weight excluding hydrogens is 444 g/mol. The highest BCUT2D eigenvalue weighted by molar-refractivity contribution is 6.33. The number of nitrogens with zero attached hydrogens (tertiary/aromatic N) is 6. The first-order valence-electron chi connectivity index (χ1n) is 11.6. The van der Waals surface area contributed by atoms with E-state index in [1.54, 1.807) is 0 Å². The van der Waals surface area contributed by atoms with Crippen molar-refractivity contribution in [3.63, 3.8) is 0 Å². The molecule has 4 bridgehead atoms. The normalized spacial score (nSPS) is 30.1. The van der Waals surface area contributed by atoms with Crippen LogP contribution in [0.25, 0.3) is 0 Å². The van der Waals surface area contributed by atoms with E-state index in [1.165, 1.54) is 6.42 Å². The number of nitro groups is 1. The quantitative estimate of drug-likeness (QED) is 0.462. The Balaban J connectivity index is 1.40. The van der Waals surface area contributed by atoms with E-state index in [9.17, 15) is 14.9 Å². The SMILES string of the molecule is Cc1c(CN(C)C(=O)CC23CC4CC(C2)CC(n2nc([N+](=O)[O-])c(Cl)c2C)(C4)C3)cnn1C. The topological polar surface area (TPSA) is 99.1 Å². The minimum absolute atomic E-state index is 0.0843. The van der Waals surface area contributed by atoms with Gasteiger partial charge in [0.15, 0.2) is 5.02 Å². The van der Waals surface area contributed by atoms with Gasteiger partial charge in [-0.25, -0.2) is 0 Å². The van der Waals surface area contributed by atoms with E-state index in [-0.39, 0.29) is 27.7 Å². The van der Waals surface area contributed by atoms with Crippen molar-refractivity contribution in [3.8, 4) is 0 Å². The van der Waals surface area contributed by atoms with Crippen LogP contribution in [0.3, 0.4) is 0 Å². The third-order valence-electron chi connectivity index (χ3n) is 8.50. The highest BCUT2D eigenvalue weighted by Crippen LogP contribution is 2.65. The van der Waals surface area contributed by atoms with Gasteiger partial charge in [0.2, 0.25) is 5.91 Å². The van der Waals surface area contributed by atoms with Crippen LogP contribution in [0.1, 0.15) is 61.9 Å². The summed E-state index contributed by atoms with van der Waals surface area (Å²) < 4.78 is 3.68. The van der Waals surface area contributed by atoms with E-state index in [1.807, 2.05) is 48.4 Å². The molecule has 9 nitrogen and oxygen atoms in total. The first-order chi connectivity index (χ1) is 15.5. The number of carbonyl (C=O) groups excluding carboxylic acids is 1. The van der Waals surface area contributed by atoms with Crippen molar-refractivity contribution in [2.75, 3.05) is 7.05 Å². The maximum Gasteiger partial charge on any atom is 0.408 e. The molecule has 0 saturated heterocycles. The van der Waals surface area contributed by atoms with Crippen LogP contribution in [0.4, 0.5) is 5.82 Å². The Labute approximate surface area is 198 Å². The average molecular weight is 475 g/mol. The van der Waals surface area contributed by atoms with E-state index in [0.717, 1.165) is 43.4 Å². The molecule has 2 unspecified atom stereocenters. The monoisotopic (exact) mass is 474 g/mol. The van der Waals surface area contributed by atoms with Crippen LogP contribution in [0.2, 0.25) is 5.02 Å². The summed E-state index contributed by atoms with van der Waals surface area (Å²) in [4.78, 5) is 26.2. The first kappa shape index (κ1) is 22.4. The number of halogens is 1. The molecule has 33 heavy (non-hydrogen) atoms. The zero-order chi connectivity index (χ0) is 23.7. The third kappa shape index (κ3) is 3.55. The molecule has 2 aromatic heterocycles. The Hall–Kier alpha value is -2.42. The Kier molecular flexibility index (Phi) is 5.12. The van der Waals surface area contributed by atoms with Gasteiger partial charge in [-0.05, 0) is 74.5 Å². The molecule has 4 aliphatic rings. The van der Waals surface area contributed by atoms with Crippen LogP contribution in [-0.2, 0) is 23.9 Å². The molecule has 2 aromatic rings. The van der Waals surface area contributed by atoms with E-state index >= 15 is 0 Å². The molecule has 178 valence electrons. The fourth-order valence-corrected chi connectivity index (χ4v) is 7.59. The Morgan fingerprint density at radius 1 is 1.27 bits per heavy atom. The molecule has 2 heterocycles. The smallest absolute Gasteiger partial charge is 0.358 e. The summed E-state index contributed by atoms with van der Waals surface area (Å²) in [6.07, 6.45) is 8.36. The number of aryl methyl sites for hydroxylation is 1. The third-order valence-corrected chi connectivity index (χ3v) is 8.94. The van der Waals surface area contributed by atoms with Gasteiger partial charge in [0.05, 0.1) is 22.5 Å². The molecule has 0 aliphatic heterocycles. The van der Waals surface area contributed by atoms with Crippen molar-refractivity contribution in [1.82, 2.24) is 24.5 Å². The van der Waals surface area contributed by atoms with Crippen LogP contribution < -0.4 is 0 Å². The molecule has 4 saturated carbocycles. The fraction of sp³-hybridized carbons (Fsp3) is 0.696. The van der Waals surface area contributed by atoms with E-state index in [2.05, 4.69) is 10.2 Å². The lowest BCUT2D eigenvalue weighted by molar-refractivity contribution is -0.389. The second-order valence-corrected chi connectivity index (χ2v) is 11.3. The van der Waals surface area contributed by atoms with Crippen LogP contribution in [-0.4, -0.2) is 42.3 Å². The van der Waals surface area contributed by atoms with Gasteiger partial charge in [-0.3, -0.25) is 9.48 Å². The lowest BCUT2D eigenvalue weighted by Gasteiger charge is -2.61. The molecule has 4 aliphatic carbocycles. The predicted molar refractivity (Wildman–Crippen MR) is 123 cm³/mol. The highest BCUT2D eigenvalue weighted by atomic mass is 35.5. The van der Waals surface area contributed by atoms with Gasteiger partial charge in [-0.1, -0.05) is 11.6 Å². The lowest BCUT2D eigenvalue weighted by atomic mass is 9.46. The maximum absolute atomic E-state index is 13.4. The molecular formula is C23H31ClN6O3. The van der Waals surface area contributed by atoms with Crippen LogP contribution in [0, 0.1) is 41.2 Å². The van der Waals surface area contributed by atoms with E-state index < -0.39 is 4.92 Å². The summed E-state index contributed by atoms with van der Waals surface area (Å²) in [5.41, 5.74) is 2.42. The lowest BCUT2D eigenvalue weighted by Crippen LogP contribution is -2.58. The number of carbonyl (C=O) groups is 1. The zero-order valence-corrected chi connectivity index (χ0v) is 20.4. The predicted octanol–water partition coefficient (Wildman–Crippen LogP) is 4.14. The second-order valence-electron chi connectivity index (χ2n) is 10.9.